The van der Waals surface area contributed by atoms with Crippen LogP contribution in [0.3, 0.4) is 0 Å². The first-order chi connectivity index (χ1) is 10.4. The Morgan fingerprint density at radius 2 is 1.64 bits per heavy atom. The molecule has 6 nitrogen and oxygen atoms in total. The van der Waals surface area contributed by atoms with Gasteiger partial charge >= 0.3 is 0 Å². The van der Waals surface area contributed by atoms with E-state index >= 15 is 0 Å². The van der Waals surface area contributed by atoms with E-state index in [0.29, 0.717) is 11.6 Å². The standard InChI is InChI=1S/C14H17Cl2N3O3/c1-2-5-17-12(20)7-18-13(21)8-19-14(22)10-4-3-9(15)6-11(10)16/h3-4,6H,2,5,7-8H2,1H3,(H,17,20)(H,18,21)(H,19,22). The predicted molar refractivity (Wildman–Crippen MR) is 85.1 cm³/mol. The third kappa shape index (κ3) is 6.32. The summed E-state index contributed by atoms with van der Waals surface area (Å²) in [6, 6.07) is 4.44. The van der Waals surface area contributed by atoms with Gasteiger partial charge in [-0.25, -0.2) is 0 Å². The minimum absolute atomic E-state index is 0.129. The van der Waals surface area contributed by atoms with E-state index in [1.54, 1.807) is 0 Å². The topological polar surface area (TPSA) is 87.3 Å². The summed E-state index contributed by atoms with van der Waals surface area (Å²) in [7, 11) is 0. The second-order valence-corrected chi connectivity index (χ2v) is 5.28. The third-order valence-electron chi connectivity index (χ3n) is 2.60. The third-order valence-corrected chi connectivity index (χ3v) is 3.15. The molecule has 0 saturated heterocycles. The van der Waals surface area contributed by atoms with E-state index in [2.05, 4.69) is 16.0 Å². The molecule has 0 radical (unpaired) electrons. The van der Waals surface area contributed by atoms with Crippen molar-refractivity contribution in [2.24, 2.45) is 0 Å². The van der Waals surface area contributed by atoms with Crippen LogP contribution in [-0.4, -0.2) is 37.4 Å². The molecule has 3 N–H and O–H groups in total. The van der Waals surface area contributed by atoms with E-state index in [-0.39, 0.29) is 29.6 Å². The Morgan fingerprint density at radius 1 is 1.00 bits per heavy atom. The lowest BCUT2D eigenvalue weighted by Gasteiger charge is -2.08. The fraction of sp³-hybridized carbons (Fsp3) is 0.357. The van der Waals surface area contributed by atoms with E-state index in [9.17, 15) is 14.4 Å². The zero-order valence-electron chi connectivity index (χ0n) is 12.0. The van der Waals surface area contributed by atoms with Gasteiger partial charge < -0.3 is 16.0 Å². The van der Waals surface area contributed by atoms with Gasteiger partial charge in [-0.3, -0.25) is 14.4 Å². The van der Waals surface area contributed by atoms with Crippen LogP contribution in [0.5, 0.6) is 0 Å². The molecule has 0 heterocycles. The van der Waals surface area contributed by atoms with E-state index in [1.165, 1.54) is 18.2 Å². The maximum Gasteiger partial charge on any atom is 0.253 e. The normalized spacial score (nSPS) is 9.95. The van der Waals surface area contributed by atoms with Gasteiger partial charge in [0.1, 0.15) is 0 Å². The lowest BCUT2D eigenvalue weighted by atomic mass is 10.2. The molecule has 0 unspecified atom stereocenters. The average molecular weight is 346 g/mol. The summed E-state index contributed by atoms with van der Waals surface area (Å²) in [4.78, 5) is 34.7. The highest BCUT2D eigenvalue weighted by Crippen LogP contribution is 2.20. The largest absolute Gasteiger partial charge is 0.355 e. The van der Waals surface area contributed by atoms with Crippen LogP contribution in [0.15, 0.2) is 18.2 Å². The molecule has 1 rings (SSSR count). The van der Waals surface area contributed by atoms with Crippen molar-refractivity contribution < 1.29 is 14.4 Å². The molecule has 1 aromatic rings. The number of carbonyl (C=O) groups excluding carboxylic acids is 3. The van der Waals surface area contributed by atoms with Crippen LogP contribution >= 0.6 is 23.2 Å². The van der Waals surface area contributed by atoms with Crippen molar-refractivity contribution in [2.45, 2.75) is 13.3 Å². The lowest BCUT2D eigenvalue weighted by Crippen LogP contribution is -2.42. The molecule has 0 fully saturated rings. The molecule has 1 aromatic carbocycles. The first kappa shape index (κ1) is 18.3. The van der Waals surface area contributed by atoms with Crippen LogP contribution in [0, 0.1) is 0 Å². The van der Waals surface area contributed by atoms with Gasteiger partial charge in [-0.1, -0.05) is 30.1 Å². The SMILES string of the molecule is CCCNC(=O)CNC(=O)CNC(=O)c1ccc(Cl)cc1Cl. The van der Waals surface area contributed by atoms with Crippen LogP contribution in [0.4, 0.5) is 0 Å². The van der Waals surface area contributed by atoms with Crippen LogP contribution in [0.1, 0.15) is 23.7 Å². The van der Waals surface area contributed by atoms with Gasteiger partial charge in [0.2, 0.25) is 11.8 Å². The maximum atomic E-state index is 11.9. The zero-order chi connectivity index (χ0) is 16.5. The molecule has 0 saturated carbocycles. The van der Waals surface area contributed by atoms with Crippen LogP contribution in [-0.2, 0) is 9.59 Å². The number of nitrogens with one attached hydrogen (secondary N) is 3. The summed E-state index contributed by atoms with van der Waals surface area (Å²) in [6.07, 6.45) is 0.817. The summed E-state index contributed by atoms with van der Waals surface area (Å²) in [5, 5.41) is 8.05. The lowest BCUT2D eigenvalue weighted by molar-refractivity contribution is -0.125. The predicted octanol–water partition coefficient (Wildman–Crippen LogP) is 1.37. The fourth-order valence-electron chi connectivity index (χ4n) is 1.50. The molecule has 0 aliphatic heterocycles. The first-order valence-electron chi connectivity index (χ1n) is 6.70. The van der Waals surface area contributed by atoms with Crippen molar-refractivity contribution in [1.29, 1.82) is 0 Å². The Bertz CT molecular complexity index is 564. The molecule has 8 heteroatoms. The molecule has 0 atom stereocenters. The van der Waals surface area contributed by atoms with Crippen molar-refractivity contribution in [1.82, 2.24) is 16.0 Å². The van der Waals surface area contributed by atoms with Crippen molar-refractivity contribution in [2.75, 3.05) is 19.6 Å². The summed E-state index contributed by atoms with van der Waals surface area (Å²) < 4.78 is 0. The van der Waals surface area contributed by atoms with E-state index in [4.69, 9.17) is 23.2 Å². The second-order valence-electron chi connectivity index (χ2n) is 4.43. The van der Waals surface area contributed by atoms with Crippen molar-refractivity contribution in [3.05, 3.63) is 33.8 Å². The molecule has 22 heavy (non-hydrogen) atoms. The van der Waals surface area contributed by atoms with Gasteiger partial charge in [0.25, 0.3) is 5.91 Å². The quantitative estimate of drug-likeness (QED) is 0.697. The Hall–Kier alpha value is -1.79. The summed E-state index contributed by atoms with van der Waals surface area (Å²) in [6.45, 7) is 2.10. The van der Waals surface area contributed by atoms with Gasteiger partial charge in [0.05, 0.1) is 23.7 Å². The molecule has 0 bridgehead atoms. The fourth-order valence-corrected chi connectivity index (χ4v) is 1.99. The molecular formula is C14H17Cl2N3O3. The summed E-state index contributed by atoms with van der Waals surface area (Å²) >= 11 is 11.6. The van der Waals surface area contributed by atoms with Gasteiger partial charge in [-0.05, 0) is 24.6 Å². The first-order valence-corrected chi connectivity index (χ1v) is 7.46. The van der Waals surface area contributed by atoms with Crippen molar-refractivity contribution >= 4 is 40.9 Å². The number of halogens is 2. The maximum absolute atomic E-state index is 11.9. The molecule has 0 aliphatic rings. The molecule has 120 valence electrons. The van der Waals surface area contributed by atoms with Gasteiger partial charge in [-0.2, -0.15) is 0 Å². The van der Waals surface area contributed by atoms with Crippen LogP contribution in [0.25, 0.3) is 0 Å². The summed E-state index contributed by atoms with van der Waals surface area (Å²) in [5.74, 6) is -1.24. The molecule has 0 aromatic heterocycles. The Balaban J connectivity index is 2.37. The van der Waals surface area contributed by atoms with Crippen molar-refractivity contribution in [3.63, 3.8) is 0 Å². The summed E-state index contributed by atoms with van der Waals surface area (Å²) in [5.41, 5.74) is 0.222. The Kier molecular flexibility index (Phi) is 7.70. The highest BCUT2D eigenvalue weighted by atomic mass is 35.5. The number of rotatable bonds is 7. The minimum atomic E-state index is -0.493. The van der Waals surface area contributed by atoms with Crippen molar-refractivity contribution in [3.8, 4) is 0 Å². The van der Waals surface area contributed by atoms with Crippen LogP contribution < -0.4 is 16.0 Å². The molecule has 0 aliphatic carbocycles. The second kappa shape index (κ2) is 9.27. The molecular weight excluding hydrogens is 329 g/mol. The molecule has 0 spiro atoms. The van der Waals surface area contributed by atoms with Gasteiger partial charge in [-0.15, -0.1) is 0 Å². The van der Waals surface area contributed by atoms with E-state index in [0.717, 1.165) is 6.42 Å². The van der Waals surface area contributed by atoms with Crippen LogP contribution in [0.2, 0.25) is 10.0 Å². The molecule has 3 amide bonds. The smallest absolute Gasteiger partial charge is 0.253 e. The number of benzene rings is 1. The van der Waals surface area contributed by atoms with Gasteiger partial charge in [0.15, 0.2) is 0 Å². The Labute approximate surface area is 138 Å². The number of hydrogen-bond acceptors (Lipinski definition) is 3. The number of hydrogen-bond donors (Lipinski definition) is 3. The monoisotopic (exact) mass is 345 g/mol. The zero-order valence-corrected chi connectivity index (χ0v) is 13.6. The Morgan fingerprint density at radius 3 is 2.27 bits per heavy atom. The minimum Gasteiger partial charge on any atom is -0.355 e. The highest BCUT2D eigenvalue weighted by molar-refractivity contribution is 6.36. The number of amides is 3. The van der Waals surface area contributed by atoms with E-state index in [1.807, 2.05) is 6.92 Å². The average Bonchev–Trinajstić information content (AvgIpc) is 2.48. The highest BCUT2D eigenvalue weighted by Gasteiger charge is 2.12. The number of carbonyl (C=O) groups is 3. The van der Waals surface area contributed by atoms with E-state index < -0.39 is 11.8 Å². The van der Waals surface area contributed by atoms with Gasteiger partial charge in [0, 0.05) is 11.6 Å².